The Morgan fingerprint density at radius 3 is 2.07 bits per heavy atom. The van der Waals surface area contributed by atoms with Gasteiger partial charge in [0.25, 0.3) is 0 Å². The lowest BCUT2D eigenvalue weighted by molar-refractivity contribution is 1.45. The van der Waals surface area contributed by atoms with Gasteiger partial charge in [0.1, 0.15) is 0 Å². The smallest absolute Gasteiger partial charge is 0.00564 e. The summed E-state index contributed by atoms with van der Waals surface area (Å²) in [5, 5.41) is 0. The van der Waals surface area contributed by atoms with E-state index >= 15 is 0 Å². The van der Waals surface area contributed by atoms with Crippen LogP contribution in [0.1, 0.15) is 12.0 Å². The summed E-state index contributed by atoms with van der Waals surface area (Å²) in [7, 11) is 0. The second kappa shape index (κ2) is 6.72. The van der Waals surface area contributed by atoms with Gasteiger partial charge in [0.05, 0.1) is 0 Å². The third-order valence-electron chi connectivity index (χ3n) is 1.74. The second-order valence-electron chi connectivity index (χ2n) is 2.86. The van der Waals surface area contributed by atoms with Crippen LogP contribution in [0.15, 0.2) is 60.8 Å². The second-order valence-corrected chi connectivity index (χ2v) is 2.86. The van der Waals surface area contributed by atoms with Crippen LogP contribution in [0, 0.1) is 0 Å². The van der Waals surface area contributed by atoms with Gasteiger partial charge >= 0.3 is 0 Å². The fraction of sp³-hybridized carbons (Fsp3) is 0.0769. The van der Waals surface area contributed by atoms with Crippen LogP contribution < -0.4 is 5.73 Å². The van der Waals surface area contributed by atoms with E-state index in [9.17, 15) is 0 Å². The summed E-state index contributed by atoms with van der Waals surface area (Å²) in [5.74, 6) is 0. The third kappa shape index (κ3) is 4.31. The van der Waals surface area contributed by atoms with Crippen LogP contribution >= 0.6 is 0 Å². The molecular weight excluding hydrogens is 170 g/mol. The number of benzene rings is 1. The summed E-state index contributed by atoms with van der Waals surface area (Å²) < 4.78 is 0. The Hall–Kier alpha value is -1.76. The van der Waals surface area contributed by atoms with Gasteiger partial charge in [-0.15, -0.1) is 0 Å². The van der Waals surface area contributed by atoms with Crippen molar-refractivity contribution in [1.82, 2.24) is 0 Å². The van der Waals surface area contributed by atoms with Crippen LogP contribution in [0.4, 0.5) is 0 Å². The Morgan fingerprint density at radius 1 is 1.00 bits per heavy atom. The van der Waals surface area contributed by atoms with E-state index in [1.165, 1.54) is 6.20 Å². The highest BCUT2D eigenvalue weighted by molar-refractivity contribution is 5.47. The lowest BCUT2D eigenvalue weighted by Gasteiger charge is -1.86. The Kier molecular flexibility index (Phi) is 4.96. The van der Waals surface area contributed by atoms with Crippen molar-refractivity contribution in [2.45, 2.75) is 6.42 Å². The molecule has 2 N–H and O–H groups in total. The van der Waals surface area contributed by atoms with Crippen molar-refractivity contribution in [3.05, 3.63) is 66.4 Å². The summed E-state index contributed by atoms with van der Waals surface area (Å²) >= 11 is 0. The molecule has 0 fully saturated rings. The lowest BCUT2D eigenvalue weighted by atomic mass is 10.2. The minimum Gasteiger partial charge on any atom is -0.405 e. The average molecular weight is 185 g/mol. The van der Waals surface area contributed by atoms with Gasteiger partial charge in [0.2, 0.25) is 0 Å². The van der Waals surface area contributed by atoms with E-state index in [0.29, 0.717) is 0 Å². The van der Waals surface area contributed by atoms with Crippen molar-refractivity contribution in [2.75, 3.05) is 0 Å². The summed E-state index contributed by atoms with van der Waals surface area (Å²) in [6.07, 6.45) is 12.9. The molecule has 0 atom stereocenters. The van der Waals surface area contributed by atoms with Crippen LogP contribution in [0.2, 0.25) is 0 Å². The predicted molar refractivity (Wildman–Crippen MR) is 62.6 cm³/mol. The molecule has 0 spiro atoms. The first-order chi connectivity index (χ1) is 6.93. The lowest BCUT2D eigenvalue weighted by Crippen LogP contribution is -1.75. The minimum atomic E-state index is 1.14. The van der Waals surface area contributed by atoms with Gasteiger partial charge in [-0.1, -0.05) is 54.6 Å². The number of hydrogen-bond acceptors (Lipinski definition) is 1. The average Bonchev–Trinajstić information content (AvgIpc) is 2.78. The van der Waals surface area contributed by atoms with Crippen molar-refractivity contribution >= 4 is 6.08 Å². The molecule has 1 heteroatoms. The highest BCUT2D eigenvalue weighted by Gasteiger charge is 1.77. The van der Waals surface area contributed by atoms with E-state index in [4.69, 9.17) is 5.73 Å². The van der Waals surface area contributed by atoms with Crippen molar-refractivity contribution in [2.24, 2.45) is 5.73 Å². The molecule has 0 radical (unpaired) electrons. The Balaban J connectivity index is 0.000000165. The van der Waals surface area contributed by atoms with Gasteiger partial charge in [-0.3, -0.25) is 0 Å². The zero-order valence-electron chi connectivity index (χ0n) is 8.14. The molecule has 14 heavy (non-hydrogen) atoms. The maximum absolute atomic E-state index is 5.18. The summed E-state index contributed by atoms with van der Waals surface area (Å²) in [4.78, 5) is 0. The van der Waals surface area contributed by atoms with Gasteiger partial charge in [-0.2, -0.15) is 0 Å². The number of nitrogens with two attached hydrogens (primary N) is 1. The normalized spacial score (nSPS) is 12.9. The minimum absolute atomic E-state index is 1.14. The van der Waals surface area contributed by atoms with Crippen LogP contribution in [0.25, 0.3) is 6.08 Å². The highest BCUT2D eigenvalue weighted by atomic mass is 14.5. The number of hydrogen-bond donors (Lipinski definition) is 1. The Morgan fingerprint density at radius 2 is 1.64 bits per heavy atom. The van der Waals surface area contributed by atoms with E-state index in [2.05, 4.69) is 24.3 Å². The van der Waals surface area contributed by atoms with Gasteiger partial charge in [-0.05, 0) is 24.3 Å². The molecule has 1 nitrogen and oxygen atoms in total. The van der Waals surface area contributed by atoms with Gasteiger partial charge < -0.3 is 5.73 Å². The standard InChI is InChI=1S/C8H9N.C5H6/c9-7-6-8-4-2-1-3-5-8;1-2-4-5-3-1/h1-7H,9H2;1-4H,5H2/b7-6+;. The molecule has 0 saturated heterocycles. The van der Waals surface area contributed by atoms with Gasteiger partial charge in [0.15, 0.2) is 0 Å². The van der Waals surface area contributed by atoms with Crippen molar-refractivity contribution in [1.29, 1.82) is 0 Å². The van der Waals surface area contributed by atoms with Crippen molar-refractivity contribution < 1.29 is 0 Å². The van der Waals surface area contributed by atoms with Gasteiger partial charge in [-0.25, -0.2) is 0 Å². The molecule has 0 heterocycles. The third-order valence-corrected chi connectivity index (χ3v) is 1.74. The molecule has 0 unspecified atom stereocenters. The van der Waals surface area contributed by atoms with E-state index in [0.717, 1.165) is 12.0 Å². The fourth-order valence-corrected chi connectivity index (χ4v) is 1.07. The molecule has 0 saturated carbocycles. The maximum atomic E-state index is 5.18. The van der Waals surface area contributed by atoms with Crippen LogP contribution in [-0.4, -0.2) is 0 Å². The quantitative estimate of drug-likeness (QED) is 0.714. The van der Waals surface area contributed by atoms with Crippen molar-refractivity contribution in [3.63, 3.8) is 0 Å². The summed E-state index contributed by atoms with van der Waals surface area (Å²) in [6, 6.07) is 9.95. The van der Waals surface area contributed by atoms with E-state index in [-0.39, 0.29) is 0 Å². The topological polar surface area (TPSA) is 26.0 Å². The summed E-state index contributed by atoms with van der Waals surface area (Å²) in [6.45, 7) is 0. The van der Waals surface area contributed by atoms with Crippen LogP contribution in [0.3, 0.4) is 0 Å². The SMILES string of the molecule is C1=CCC=C1.N/C=C/c1ccccc1. The molecule has 0 amide bonds. The first-order valence-corrected chi connectivity index (χ1v) is 4.68. The molecule has 72 valence electrons. The molecule has 2 rings (SSSR count). The van der Waals surface area contributed by atoms with E-state index < -0.39 is 0 Å². The first kappa shape index (κ1) is 10.3. The molecule has 1 aliphatic carbocycles. The molecule has 0 bridgehead atoms. The maximum Gasteiger partial charge on any atom is -0.00564 e. The number of allylic oxidation sites excluding steroid dienone is 4. The highest BCUT2D eigenvalue weighted by Crippen LogP contribution is 1.98. The van der Waals surface area contributed by atoms with Crippen LogP contribution in [0.5, 0.6) is 0 Å². The molecule has 0 aromatic heterocycles. The summed E-state index contributed by atoms with van der Waals surface area (Å²) in [5.41, 5.74) is 6.32. The molecule has 1 aromatic carbocycles. The van der Waals surface area contributed by atoms with Crippen LogP contribution in [-0.2, 0) is 0 Å². The Labute approximate surface area is 85.3 Å². The van der Waals surface area contributed by atoms with E-state index in [1.54, 1.807) is 0 Å². The molecule has 0 aliphatic heterocycles. The van der Waals surface area contributed by atoms with Gasteiger partial charge in [0, 0.05) is 0 Å². The predicted octanol–water partition coefficient (Wildman–Crippen LogP) is 3.12. The largest absolute Gasteiger partial charge is 0.405 e. The fourth-order valence-electron chi connectivity index (χ4n) is 1.07. The van der Waals surface area contributed by atoms with Crippen molar-refractivity contribution in [3.8, 4) is 0 Å². The monoisotopic (exact) mass is 185 g/mol. The van der Waals surface area contributed by atoms with E-state index in [1.807, 2.05) is 36.4 Å². The molecule has 1 aromatic rings. The zero-order chi connectivity index (χ0) is 10.1. The molecular formula is C13H15N. The first-order valence-electron chi connectivity index (χ1n) is 4.68. The molecule has 1 aliphatic rings. The Bertz CT molecular complexity index is 310. The zero-order valence-corrected chi connectivity index (χ0v) is 8.14. The number of rotatable bonds is 1.